The molecule has 0 spiro atoms. The number of nitrogens with zero attached hydrogens (tertiary/aromatic N) is 1. The fraction of sp³-hybridized carbons (Fsp3) is 0.750. The van der Waals surface area contributed by atoms with Gasteiger partial charge in [0.2, 0.25) is 0 Å². The van der Waals surface area contributed by atoms with Gasteiger partial charge in [-0.15, -0.1) is 6.58 Å². The summed E-state index contributed by atoms with van der Waals surface area (Å²) in [5.41, 5.74) is 6.80. The number of hydrogen-bond acceptors (Lipinski definition) is 2. The van der Waals surface area contributed by atoms with Crippen molar-refractivity contribution in [2.24, 2.45) is 17.0 Å². The van der Waals surface area contributed by atoms with Crippen molar-refractivity contribution >= 4 is 0 Å². The maximum absolute atomic E-state index is 6.80. The molecule has 2 nitrogen and oxygen atoms in total. The molecule has 56 valence electrons. The SMILES string of the molecule is C=CC(C[C@@H]1CC1C)N=N. The molecule has 0 radical (unpaired) electrons. The molecule has 0 bridgehead atoms. The molecule has 0 aromatic carbocycles. The van der Waals surface area contributed by atoms with Gasteiger partial charge in [0.05, 0.1) is 6.04 Å². The summed E-state index contributed by atoms with van der Waals surface area (Å²) in [4.78, 5) is 0. The van der Waals surface area contributed by atoms with Crippen molar-refractivity contribution in [2.45, 2.75) is 25.8 Å². The summed E-state index contributed by atoms with van der Waals surface area (Å²) in [6.45, 7) is 5.87. The lowest BCUT2D eigenvalue weighted by molar-refractivity contribution is 0.594. The second-order valence-electron chi connectivity index (χ2n) is 3.14. The van der Waals surface area contributed by atoms with Gasteiger partial charge in [-0.2, -0.15) is 5.11 Å². The van der Waals surface area contributed by atoms with Crippen LogP contribution in [0.5, 0.6) is 0 Å². The Labute approximate surface area is 61.8 Å². The highest BCUT2D eigenvalue weighted by molar-refractivity contribution is 4.92. The monoisotopic (exact) mass is 138 g/mol. The van der Waals surface area contributed by atoms with Gasteiger partial charge in [-0.25, -0.2) is 5.53 Å². The van der Waals surface area contributed by atoms with Gasteiger partial charge < -0.3 is 0 Å². The van der Waals surface area contributed by atoms with Gasteiger partial charge >= 0.3 is 0 Å². The molecule has 0 heterocycles. The predicted molar refractivity (Wildman–Crippen MR) is 41.0 cm³/mol. The van der Waals surface area contributed by atoms with E-state index in [2.05, 4.69) is 18.6 Å². The van der Waals surface area contributed by atoms with Crippen LogP contribution in [0.1, 0.15) is 19.8 Å². The van der Waals surface area contributed by atoms with E-state index in [1.807, 2.05) is 0 Å². The van der Waals surface area contributed by atoms with Crippen LogP contribution in [-0.2, 0) is 0 Å². The van der Waals surface area contributed by atoms with Crippen molar-refractivity contribution in [3.63, 3.8) is 0 Å². The summed E-state index contributed by atoms with van der Waals surface area (Å²) in [7, 11) is 0. The smallest absolute Gasteiger partial charge is 0.0886 e. The fourth-order valence-electron chi connectivity index (χ4n) is 1.24. The number of nitrogens with one attached hydrogen (secondary N) is 1. The van der Waals surface area contributed by atoms with Crippen LogP contribution in [0.25, 0.3) is 0 Å². The van der Waals surface area contributed by atoms with Crippen molar-refractivity contribution in [3.05, 3.63) is 12.7 Å². The lowest BCUT2D eigenvalue weighted by Crippen LogP contribution is -1.99. The molecule has 1 aliphatic rings. The maximum atomic E-state index is 6.80. The van der Waals surface area contributed by atoms with E-state index in [4.69, 9.17) is 5.53 Å². The lowest BCUT2D eigenvalue weighted by atomic mass is 10.1. The second-order valence-corrected chi connectivity index (χ2v) is 3.14. The van der Waals surface area contributed by atoms with E-state index >= 15 is 0 Å². The molecule has 0 aliphatic heterocycles. The molecular formula is C8H14N2. The van der Waals surface area contributed by atoms with E-state index in [0.29, 0.717) is 0 Å². The fourth-order valence-corrected chi connectivity index (χ4v) is 1.24. The van der Waals surface area contributed by atoms with E-state index in [1.54, 1.807) is 6.08 Å². The summed E-state index contributed by atoms with van der Waals surface area (Å²) < 4.78 is 0. The Hall–Kier alpha value is -0.660. The van der Waals surface area contributed by atoms with Crippen molar-refractivity contribution in [1.82, 2.24) is 0 Å². The number of hydrogen-bond donors (Lipinski definition) is 1. The lowest BCUT2D eigenvalue weighted by Gasteiger charge is -2.01. The zero-order valence-corrected chi connectivity index (χ0v) is 6.38. The van der Waals surface area contributed by atoms with Crippen LogP contribution in [-0.4, -0.2) is 6.04 Å². The molecule has 1 saturated carbocycles. The van der Waals surface area contributed by atoms with Crippen LogP contribution in [0, 0.1) is 17.4 Å². The Morgan fingerprint density at radius 1 is 1.90 bits per heavy atom. The van der Waals surface area contributed by atoms with Gasteiger partial charge in [0.1, 0.15) is 0 Å². The topological polar surface area (TPSA) is 36.2 Å². The average molecular weight is 138 g/mol. The molecule has 1 fully saturated rings. The normalized spacial score (nSPS) is 32.9. The Balaban J connectivity index is 2.22. The largest absolute Gasteiger partial charge is 0.209 e. The Bertz CT molecular complexity index is 134. The minimum absolute atomic E-state index is 0.0787. The molecule has 0 amide bonds. The third-order valence-electron chi connectivity index (χ3n) is 2.26. The van der Waals surface area contributed by atoms with Crippen molar-refractivity contribution in [3.8, 4) is 0 Å². The van der Waals surface area contributed by atoms with Crippen LogP contribution in [0.15, 0.2) is 17.8 Å². The zero-order valence-electron chi connectivity index (χ0n) is 6.38. The molecule has 1 aliphatic carbocycles. The number of rotatable bonds is 4. The first kappa shape index (κ1) is 7.45. The first-order chi connectivity index (χ1) is 4.77. The van der Waals surface area contributed by atoms with Crippen LogP contribution in [0.2, 0.25) is 0 Å². The first-order valence-electron chi connectivity index (χ1n) is 3.77. The highest BCUT2D eigenvalue weighted by atomic mass is 15.0. The highest BCUT2D eigenvalue weighted by Crippen LogP contribution is 2.41. The zero-order chi connectivity index (χ0) is 7.56. The molecule has 0 aromatic rings. The van der Waals surface area contributed by atoms with E-state index in [-0.39, 0.29) is 6.04 Å². The van der Waals surface area contributed by atoms with Gasteiger partial charge in [0, 0.05) is 0 Å². The molecule has 1 rings (SSSR count). The molecular weight excluding hydrogens is 124 g/mol. The summed E-state index contributed by atoms with van der Waals surface area (Å²) in [5.74, 6) is 1.68. The third kappa shape index (κ3) is 1.66. The molecule has 10 heavy (non-hydrogen) atoms. The second kappa shape index (κ2) is 2.95. The highest BCUT2D eigenvalue weighted by Gasteiger charge is 2.33. The summed E-state index contributed by atoms with van der Waals surface area (Å²) in [6.07, 6.45) is 4.12. The molecule has 3 atom stereocenters. The van der Waals surface area contributed by atoms with E-state index in [0.717, 1.165) is 18.3 Å². The molecule has 1 N–H and O–H groups in total. The summed E-state index contributed by atoms with van der Waals surface area (Å²) in [5, 5.41) is 3.45. The van der Waals surface area contributed by atoms with E-state index < -0.39 is 0 Å². The van der Waals surface area contributed by atoms with Crippen molar-refractivity contribution < 1.29 is 0 Å². The minimum atomic E-state index is 0.0787. The van der Waals surface area contributed by atoms with E-state index in [9.17, 15) is 0 Å². The van der Waals surface area contributed by atoms with Crippen molar-refractivity contribution in [1.29, 1.82) is 5.53 Å². The Morgan fingerprint density at radius 3 is 2.80 bits per heavy atom. The van der Waals surface area contributed by atoms with Crippen LogP contribution in [0.4, 0.5) is 0 Å². The molecule has 2 unspecified atom stereocenters. The Morgan fingerprint density at radius 2 is 2.50 bits per heavy atom. The van der Waals surface area contributed by atoms with Crippen molar-refractivity contribution in [2.75, 3.05) is 0 Å². The van der Waals surface area contributed by atoms with Crippen LogP contribution < -0.4 is 0 Å². The summed E-state index contributed by atoms with van der Waals surface area (Å²) in [6, 6.07) is 0.0787. The molecule has 2 heteroatoms. The van der Waals surface area contributed by atoms with Crippen LogP contribution >= 0.6 is 0 Å². The predicted octanol–water partition coefficient (Wildman–Crippen LogP) is 2.62. The van der Waals surface area contributed by atoms with Gasteiger partial charge in [-0.1, -0.05) is 13.0 Å². The third-order valence-corrected chi connectivity index (χ3v) is 2.26. The van der Waals surface area contributed by atoms with Gasteiger partial charge in [0.25, 0.3) is 0 Å². The van der Waals surface area contributed by atoms with Gasteiger partial charge in [0.15, 0.2) is 0 Å². The maximum Gasteiger partial charge on any atom is 0.0886 e. The Kier molecular flexibility index (Phi) is 2.20. The molecule has 0 aromatic heterocycles. The quantitative estimate of drug-likeness (QED) is 0.458. The van der Waals surface area contributed by atoms with Gasteiger partial charge in [-0.3, -0.25) is 0 Å². The van der Waals surface area contributed by atoms with Crippen LogP contribution in [0.3, 0.4) is 0 Å². The standard InChI is InChI=1S/C8H14N2/c1-3-8(10-9)5-7-4-6(7)2/h3,6-9H,1,4-5H2,2H3/t6?,7-,8?/m0/s1. The van der Waals surface area contributed by atoms with E-state index in [1.165, 1.54) is 6.42 Å². The summed E-state index contributed by atoms with van der Waals surface area (Å²) >= 11 is 0. The first-order valence-corrected chi connectivity index (χ1v) is 3.77. The molecule has 0 saturated heterocycles. The average Bonchev–Trinajstić information content (AvgIpc) is 2.62. The van der Waals surface area contributed by atoms with Gasteiger partial charge in [-0.05, 0) is 24.7 Å². The minimum Gasteiger partial charge on any atom is -0.209 e.